The van der Waals surface area contributed by atoms with E-state index in [0.717, 1.165) is 0 Å². The van der Waals surface area contributed by atoms with Crippen LogP contribution in [0.3, 0.4) is 0 Å². The molecule has 7 atom stereocenters. The van der Waals surface area contributed by atoms with Gasteiger partial charge >= 0.3 is 8.60 Å². The summed E-state index contributed by atoms with van der Waals surface area (Å²) in [4.78, 5) is 21.7. The van der Waals surface area contributed by atoms with Gasteiger partial charge in [0.05, 0.1) is 89.0 Å². The topological polar surface area (TPSA) is 157 Å². The number of ether oxygens (including phenoxy) is 6. The summed E-state index contributed by atoms with van der Waals surface area (Å²) in [7, 11) is -2.62. The number of aliphatic hydroxyl groups is 2. The fraction of sp³-hybridized carbons (Fsp3) is 1.00. The maximum absolute atomic E-state index is 9.21. The molecule has 0 heterocycles. The van der Waals surface area contributed by atoms with Gasteiger partial charge in [0, 0.05) is 0 Å². The van der Waals surface area contributed by atoms with E-state index in [2.05, 4.69) is 0 Å². The smallest absolute Gasteiger partial charge is 0.324 e. The third-order valence-electron chi connectivity index (χ3n) is 3.96. The molecule has 0 rings (SSSR count). The van der Waals surface area contributed by atoms with Crippen LogP contribution in [0.5, 0.6) is 0 Å². The second kappa shape index (κ2) is 22.5. The Morgan fingerprint density at radius 3 is 0.909 bits per heavy atom. The molecule has 11 nitrogen and oxygen atoms in total. The molecular formula is C21H47O11P. The Kier molecular flexibility index (Phi) is 23.9. The van der Waals surface area contributed by atoms with Crippen LogP contribution in [0, 0.1) is 0 Å². The minimum Gasteiger partial charge on any atom is -0.394 e. The van der Waals surface area contributed by atoms with Gasteiger partial charge < -0.3 is 53.3 Å². The van der Waals surface area contributed by atoms with Crippen molar-refractivity contribution in [3.05, 3.63) is 0 Å². The van der Waals surface area contributed by atoms with Crippen LogP contribution in [0.15, 0.2) is 0 Å². The van der Waals surface area contributed by atoms with Gasteiger partial charge in [-0.1, -0.05) is 0 Å². The zero-order valence-corrected chi connectivity index (χ0v) is 22.0. The number of hydrogen-bond donors (Lipinski definition) is 5. The second-order valence-electron chi connectivity index (χ2n) is 8.16. The molecule has 0 bridgehead atoms. The van der Waals surface area contributed by atoms with Crippen molar-refractivity contribution < 1.29 is 53.3 Å². The van der Waals surface area contributed by atoms with Crippen LogP contribution in [0.4, 0.5) is 0 Å². The van der Waals surface area contributed by atoms with Crippen LogP contribution in [-0.4, -0.2) is 114 Å². The average molecular weight is 507 g/mol. The molecule has 202 valence electrons. The SMILES string of the molecule is CC(O)COC(C)COC(C)COC(C)COC(C)COC(C)COC(C)CO.OP(O)O. The van der Waals surface area contributed by atoms with Gasteiger partial charge in [-0.15, -0.1) is 0 Å². The minimum absolute atomic E-state index is 0.00355. The summed E-state index contributed by atoms with van der Waals surface area (Å²) in [6.45, 7) is 15.8. The Bertz CT molecular complexity index is 415. The van der Waals surface area contributed by atoms with Crippen molar-refractivity contribution in [3.8, 4) is 0 Å². The minimum atomic E-state index is -2.62. The fourth-order valence-corrected chi connectivity index (χ4v) is 2.10. The predicted octanol–water partition coefficient (Wildman–Crippen LogP) is 0.980. The van der Waals surface area contributed by atoms with Gasteiger partial charge in [-0.25, -0.2) is 0 Å². The van der Waals surface area contributed by atoms with Crippen LogP contribution in [-0.2, 0) is 28.4 Å². The molecule has 0 saturated heterocycles. The third kappa shape index (κ3) is 28.1. The number of hydrogen-bond acceptors (Lipinski definition) is 11. The molecular weight excluding hydrogens is 459 g/mol. The van der Waals surface area contributed by atoms with Crippen LogP contribution in [0.25, 0.3) is 0 Å². The van der Waals surface area contributed by atoms with E-state index in [4.69, 9.17) is 48.2 Å². The van der Waals surface area contributed by atoms with Crippen LogP contribution in [0.2, 0.25) is 0 Å². The van der Waals surface area contributed by atoms with Crippen LogP contribution in [0.1, 0.15) is 48.5 Å². The normalized spacial score (nSPS) is 18.1. The highest BCUT2D eigenvalue weighted by molar-refractivity contribution is 7.38. The number of rotatable bonds is 19. The van der Waals surface area contributed by atoms with E-state index < -0.39 is 14.7 Å². The first-order valence-corrected chi connectivity index (χ1v) is 12.4. The number of aliphatic hydroxyl groups excluding tert-OH is 2. The molecule has 0 aromatic rings. The van der Waals surface area contributed by atoms with E-state index in [1.165, 1.54) is 0 Å². The molecule has 0 aliphatic rings. The largest absolute Gasteiger partial charge is 0.394 e. The second-order valence-corrected chi connectivity index (χ2v) is 8.70. The summed E-state index contributed by atoms with van der Waals surface area (Å²) < 4.78 is 33.8. The summed E-state index contributed by atoms with van der Waals surface area (Å²) in [6.07, 6.45) is -0.963. The molecule has 5 N–H and O–H groups in total. The molecule has 12 heteroatoms. The highest BCUT2D eigenvalue weighted by Crippen LogP contribution is 2.11. The van der Waals surface area contributed by atoms with E-state index in [1.54, 1.807) is 6.92 Å². The molecule has 0 aromatic carbocycles. The van der Waals surface area contributed by atoms with Gasteiger partial charge in [0.1, 0.15) is 0 Å². The maximum Gasteiger partial charge on any atom is 0.324 e. The lowest BCUT2D eigenvalue weighted by molar-refractivity contribution is -0.105. The van der Waals surface area contributed by atoms with Crippen molar-refractivity contribution in [1.82, 2.24) is 0 Å². The van der Waals surface area contributed by atoms with E-state index in [1.807, 2.05) is 41.5 Å². The molecule has 0 radical (unpaired) electrons. The summed E-state index contributed by atoms with van der Waals surface area (Å²) in [6, 6.07) is 0. The van der Waals surface area contributed by atoms with Crippen LogP contribution >= 0.6 is 8.60 Å². The van der Waals surface area contributed by atoms with Crippen molar-refractivity contribution in [3.63, 3.8) is 0 Å². The Morgan fingerprint density at radius 1 is 0.485 bits per heavy atom. The maximum atomic E-state index is 9.21. The van der Waals surface area contributed by atoms with E-state index >= 15 is 0 Å². The summed E-state index contributed by atoms with van der Waals surface area (Å²) >= 11 is 0. The van der Waals surface area contributed by atoms with E-state index in [0.29, 0.717) is 39.6 Å². The lowest BCUT2D eigenvalue weighted by Crippen LogP contribution is -2.30. The Balaban J connectivity index is 0. The highest BCUT2D eigenvalue weighted by atomic mass is 31.2. The molecule has 7 unspecified atom stereocenters. The molecule has 0 fully saturated rings. The van der Waals surface area contributed by atoms with Crippen molar-refractivity contribution in [2.45, 2.75) is 91.2 Å². The lowest BCUT2D eigenvalue weighted by Gasteiger charge is -2.22. The van der Waals surface area contributed by atoms with Gasteiger partial charge in [0.15, 0.2) is 0 Å². The summed E-state index contributed by atoms with van der Waals surface area (Å²) in [5.74, 6) is 0. The predicted molar refractivity (Wildman–Crippen MR) is 125 cm³/mol. The molecule has 0 spiro atoms. The summed E-state index contributed by atoms with van der Waals surface area (Å²) in [5.41, 5.74) is 0. The van der Waals surface area contributed by atoms with Crippen molar-refractivity contribution in [1.29, 1.82) is 0 Å². The molecule has 33 heavy (non-hydrogen) atoms. The zero-order chi connectivity index (χ0) is 25.8. The Labute approximate surface area is 199 Å². The Morgan fingerprint density at radius 2 is 0.697 bits per heavy atom. The van der Waals surface area contributed by atoms with Gasteiger partial charge in [-0.05, 0) is 48.5 Å². The molecule has 0 aliphatic carbocycles. The van der Waals surface area contributed by atoms with E-state index in [-0.39, 0.29) is 43.2 Å². The first-order valence-electron chi connectivity index (χ1n) is 11.2. The molecule has 0 aliphatic heterocycles. The highest BCUT2D eigenvalue weighted by Gasteiger charge is 2.13. The first-order chi connectivity index (χ1) is 15.4. The van der Waals surface area contributed by atoms with Gasteiger partial charge in [-0.2, -0.15) is 0 Å². The van der Waals surface area contributed by atoms with Gasteiger partial charge in [-0.3, -0.25) is 0 Å². The van der Waals surface area contributed by atoms with Crippen LogP contribution < -0.4 is 0 Å². The standard InChI is InChI=1S/C21H44O8.H3O3P/c1-15(23)9-24-17(3)11-26-19(5)13-28-21(7)14-29-20(6)12-27-18(4)10-25-16(2)8-22;1-4(2)3/h15-23H,8-14H2,1-7H3;1-3H. The lowest BCUT2D eigenvalue weighted by atomic mass is 10.3. The molecule has 0 saturated carbocycles. The van der Waals surface area contributed by atoms with Crippen molar-refractivity contribution in [2.75, 3.05) is 46.2 Å². The fourth-order valence-electron chi connectivity index (χ4n) is 2.10. The van der Waals surface area contributed by atoms with E-state index in [9.17, 15) is 5.11 Å². The first kappa shape index (κ1) is 35.2. The average Bonchev–Trinajstić information content (AvgIpc) is 2.74. The van der Waals surface area contributed by atoms with Crippen molar-refractivity contribution in [2.24, 2.45) is 0 Å². The summed E-state index contributed by atoms with van der Waals surface area (Å²) in [5, 5.41) is 18.1. The Hall–Kier alpha value is -0.0100. The van der Waals surface area contributed by atoms with Gasteiger partial charge in [0.25, 0.3) is 0 Å². The van der Waals surface area contributed by atoms with Crippen molar-refractivity contribution >= 4 is 8.60 Å². The molecule has 0 aromatic heterocycles. The third-order valence-corrected chi connectivity index (χ3v) is 3.96. The quantitative estimate of drug-likeness (QED) is 0.159. The monoisotopic (exact) mass is 506 g/mol. The molecule has 0 amide bonds. The zero-order valence-electron chi connectivity index (χ0n) is 21.1. The van der Waals surface area contributed by atoms with Gasteiger partial charge in [0.2, 0.25) is 0 Å².